The first-order valence-corrected chi connectivity index (χ1v) is 10.9. The number of benzene rings is 1. The van der Waals surface area contributed by atoms with E-state index in [1.165, 1.54) is 10.4 Å². The van der Waals surface area contributed by atoms with E-state index in [2.05, 4.69) is 17.2 Å². The van der Waals surface area contributed by atoms with Crippen LogP contribution in [0.15, 0.2) is 29.1 Å². The van der Waals surface area contributed by atoms with Crippen molar-refractivity contribution in [3.63, 3.8) is 0 Å². The first kappa shape index (κ1) is 19.4. The van der Waals surface area contributed by atoms with Crippen LogP contribution in [-0.4, -0.2) is 23.1 Å². The Balaban J connectivity index is 1.42. The van der Waals surface area contributed by atoms with E-state index in [0.29, 0.717) is 29.9 Å². The molecule has 1 aromatic carbocycles. The Labute approximate surface area is 173 Å². The molecule has 0 saturated carbocycles. The molecule has 5 nitrogen and oxygen atoms in total. The summed E-state index contributed by atoms with van der Waals surface area (Å²) in [6, 6.07) is 7.23. The number of halogens is 1. The van der Waals surface area contributed by atoms with Crippen LogP contribution in [0.1, 0.15) is 42.6 Å². The van der Waals surface area contributed by atoms with Crippen molar-refractivity contribution < 1.29 is 4.74 Å². The van der Waals surface area contributed by atoms with E-state index in [0.717, 1.165) is 35.2 Å². The maximum atomic E-state index is 12.7. The molecule has 1 aliphatic rings. The van der Waals surface area contributed by atoms with Gasteiger partial charge in [-0.15, -0.1) is 11.3 Å². The molecule has 28 heavy (non-hydrogen) atoms. The van der Waals surface area contributed by atoms with Crippen LogP contribution in [0, 0.1) is 5.92 Å². The quantitative estimate of drug-likeness (QED) is 0.580. The van der Waals surface area contributed by atoms with Crippen molar-refractivity contribution in [2.45, 2.75) is 39.2 Å². The number of hydrogen-bond acceptors (Lipinski definition) is 5. The smallest absolute Gasteiger partial charge is 0.259 e. The fraction of sp³-hybridized carbons (Fsp3) is 0.429. The average Bonchev–Trinajstić information content (AvgIpc) is 3.04. The van der Waals surface area contributed by atoms with Gasteiger partial charge in [0.2, 0.25) is 0 Å². The lowest BCUT2D eigenvalue weighted by Gasteiger charge is -2.17. The Morgan fingerprint density at radius 3 is 2.96 bits per heavy atom. The highest BCUT2D eigenvalue weighted by Crippen LogP contribution is 2.35. The van der Waals surface area contributed by atoms with Crippen LogP contribution in [-0.2, 0) is 12.8 Å². The van der Waals surface area contributed by atoms with Gasteiger partial charge in [0.25, 0.3) is 5.56 Å². The lowest BCUT2D eigenvalue weighted by molar-refractivity contribution is 0.306. The Morgan fingerprint density at radius 1 is 1.39 bits per heavy atom. The molecule has 2 heterocycles. The van der Waals surface area contributed by atoms with Crippen LogP contribution < -0.4 is 15.6 Å². The van der Waals surface area contributed by atoms with Crippen LogP contribution in [0.25, 0.3) is 10.2 Å². The number of rotatable bonds is 6. The predicted molar refractivity (Wildman–Crippen MR) is 115 cm³/mol. The van der Waals surface area contributed by atoms with Gasteiger partial charge < -0.3 is 15.0 Å². The number of aryl methyl sites for hydroxylation is 1. The van der Waals surface area contributed by atoms with Crippen LogP contribution in [0.2, 0.25) is 5.02 Å². The highest BCUT2D eigenvalue weighted by Gasteiger charge is 2.23. The third-order valence-electron chi connectivity index (χ3n) is 5.23. The van der Waals surface area contributed by atoms with Gasteiger partial charge in [0.1, 0.15) is 23.0 Å². The molecule has 0 radical (unpaired) electrons. The van der Waals surface area contributed by atoms with Gasteiger partial charge in [-0.3, -0.25) is 4.79 Å². The van der Waals surface area contributed by atoms with Crippen LogP contribution in [0.4, 0.5) is 0 Å². The molecule has 3 aromatic rings. The van der Waals surface area contributed by atoms with Crippen molar-refractivity contribution in [2.75, 3.05) is 13.2 Å². The Bertz CT molecular complexity index is 1030. The summed E-state index contributed by atoms with van der Waals surface area (Å²) in [4.78, 5) is 22.6. The van der Waals surface area contributed by atoms with Gasteiger partial charge in [-0.1, -0.05) is 18.5 Å². The van der Waals surface area contributed by atoms with Gasteiger partial charge in [0.15, 0.2) is 0 Å². The number of hydrogen-bond donors (Lipinski definition) is 2. The number of fused-ring (bicyclic) bond motifs is 3. The molecule has 2 atom stereocenters. The van der Waals surface area contributed by atoms with Crippen LogP contribution >= 0.6 is 22.9 Å². The Hall–Kier alpha value is -1.89. The molecule has 0 fully saturated rings. The van der Waals surface area contributed by atoms with Gasteiger partial charge in [-0.05, 0) is 61.9 Å². The second kappa shape index (κ2) is 8.23. The van der Waals surface area contributed by atoms with E-state index in [1.807, 2.05) is 19.1 Å². The van der Waals surface area contributed by atoms with Crippen molar-refractivity contribution in [2.24, 2.45) is 5.92 Å². The monoisotopic (exact) mass is 417 g/mol. The first-order chi connectivity index (χ1) is 13.5. The molecule has 0 saturated heterocycles. The van der Waals surface area contributed by atoms with E-state index in [-0.39, 0.29) is 11.6 Å². The normalized spacial score (nSPS) is 17.5. The van der Waals surface area contributed by atoms with Crippen molar-refractivity contribution in [1.82, 2.24) is 15.3 Å². The number of H-pyrrole nitrogens is 1. The second-order valence-electron chi connectivity index (χ2n) is 7.46. The maximum Gasteiger partial charge on any atom is 0.259 e. The lowest BCUT2D eigenvalue weighted by atomic mass is 9.89. The number of aromatic amines is 1. The number of nitrogens with zero attached hydrogens (tertiary/aromatic N) is 1. The molecule has 1 aliphatic carbocycles. The molecule has 148 valence electrons. The zero-order valence-electron chi connectivity index (χ0n) is 16.0. The van der Waals surface area contributed by atoms with Gasteiger partial charge in [-0.2, -0.15) is 0 Å². The Kier molecular flexibility index (Phi) is 5.71. The molecule has 0 bridgehead atoms. The van der Waals surface area contributed by atoms with Crippen molar-refractivity contribution in [3.8, 4) is 5.75 Å². The van der Waals surface area contributed by atoms with Crippen LogP contribution in [0.3, 0.4) is 0 Å². The molecular weight excluding hydrogens is 394 g/mol. The summed E-state index contributed by atoms with van der Waals surface area (Å²) in [6.45, 7) is 5.43. The minimum absolute atomic E-state index is 0.0156. The summed E-state index contributed by atoms with van der Waals surface area (Å²) in [5, 5.41) is 4.85. The molecular formula is C21H24ClN3O2S. The summed E-state index contributed by atoms with van der Waals surface area (Å²) in [5.41, 5.74) is 1.20. The SMILES string of the molecule is C[C@H]1CCc2c(sc3nc([C@H](C)NCCOc4ccc(Cl)cc4)[nH]c(=O)c23)C1. The average molecular weight is 418 g/mol. The fourth-order valence-corrected chi connectivity index (χ4v) is 5.16. The zero-order chi connectivity index (χ0) is 19.7. The molecule has 0 unspecified atom stereocenters. The summed E-state index contributed by atoms with van der Waals surface area (Å²) in [6.07, 6.45) is 3.18. The molecule has 2 N–H and O–H groups in total. The predicted octanol–water partition coefficient (Wildman–Crippen LogP) is 4.49. The zero-order valence-corrected chi connectivity index (χ0v) is 17.6. The summed E-state index contributed by atoms with van der Waals surface area (Å²) < 4.78 is 5.69. The molecule has 0 amide bonds. The lowest BCUT2D eigenvalue weighted by Crippen LogP contribution is -2.27. The van der Waals surface area contributed by atoms with Crippen molar-refractivity contribution >= 4 is 33.2 Å². The minimum Gasteiger partial charge on any atom is -0.492 e. The highest BCUT2D eigenvalue weighted by molar-refractivity contribution is 7.18. The highest BCUT2D eigenvalue weighted by atomic mass is 35.5. The third kappa shape index (κ3) is 4.09. The van der Waals surface area contributed by atoms with E-state index in [9.17, 15) is 4.79 Å². The van der Waals surface area contributed by atoms with E-state index in [1.54, 1.807) is 23.5 Å². The van der Waals surface area contributed by atoms with Crippen molar-refractivity contribution in [1.29, 1.82) is 0 Å². The van der Waals surface area contributed by atoms with Gasteiger partial charge in [0.05, 0.1) is 11.4 Å². The number of nitrogens with one attached hydrogen (secondary N) is 2. The molecule has 2 aromatic heterocycles. The molecule has 7 heteroatoms. The molecule has 4 rings (SSSR count). The van der Waals surface area contributed by atoms with E-state index >= 15 is 0 Å². The summed E-state index contributed by atoms with van der Waals surface area (Å²) in [5.74, 6) is 2.14. The van der Waals surface area contributed by atoms with Gasteiger partial charge in [0, 0.05) is 16.4 Å². The Morgan fingerprint density at radius 2 is 2.18 bits per heavy atom. The molecule has 0 spiro atoms. The number of ether oxygens (including phenoxy) is 1. The maximum absolute atomic E-state index is 12.7. The summed E-state index contributed by atoms with van der Waals surface area (Å²) in [7, 11) is 0. The van der Waals surface area contributed by atoms with Gasteiger partial charge in [-0.25, -0.2) is 4.98 Å². The second-order valence-corrected chi connectivity index (χ2v) is 8.98. The van der Waals surface area contributed by atoms with Crippen LogP contribution in [0.5, 0.6) is 5.75 Å². The standard InChI is InChI=1S/C21H24ClN3O2S/c1-12-3-8-16-17(11-12)28-21-18(16)20(26)24-19(25-21)13(2)23-9-10-27-15-6-4-14(22)5-7-15/h4-7,12-13,23H,3,8-11H2,1-2H3,(H,24,25,26)/t12-,13-/m0/s1. The number of thiophene rings is 1. The molecule has 0 aliphatic heterocycles. The number of aromatic nitrogens is 2. The fourth-order valence-electron chi connectivity index (χ4n) is 3.64. The van der Waals surface area contributed by atoms with E-state index in [4.69, 9.17) is 21.3 Å². The van der Waals surface area contributed by atoms with E-state index < -0.39 is 0 Å². The third-order valence-corrected chi connectivity index (χ3v) is 6.63. The summed E-state index contributed by atoms with van der Waals surface area (Å²) >= 11 is 7.56. The largest absolute Gasteiger partial charge is 0.492 e. The topological polar surface area (TPSA) is 67.0 Å². The minimum atomic E-state index is -0.0658. The van der Waals surface area contributed by atoms with Gasteiger partial charge >= 0.3 is 0 Å². The van der Waals surface area contributed by atoms with Crippen molar-refractivity contribution in [3.05, 3.63) is 55.9 Å². The first-order valence-electron chi connectivity index (χ1n) is 9.67.